The molecule has 0 radical (unpaired) electrons. The molecule has 4 aliphatic rings. The van der Waals surface area contributed by atoms with Crippen LogP contribution in [0.4, 0.5) is 15.8 Å². The first-order valence-electron chi connectivity index (χ1n) is 16.1. The van der Waals surface area contributed by atoms with Crippen molar-refractivity contribution < 1.29 is 24.0 Å². The van der Waals surface area contributed by atoms with Gasteiger partial charge in [-0.3, -0.25) is 19.6 Å². The van der Waals surface area contributed by atoms with Gasteiger partial charge in [-0.05, 0) is 49.1 Å². The Kier molecular flexibility index (Phi) is 9.80. The van der Waals surface area contributed by atoms with Gasteiger partial charge in [0.25, 0.3) is 0 Å². The number of hydroxylamine groups is 2. The molecule has 0 aromatic heterocycles. The Morgan fingerprint density at radius 1 is 1.07 bits per heavy atom. The van der Waals surface area contributed by atoms with Gasteiger partial charge in [0.2, 0.25) is 18.2 Å². The van der Waals surface area contributed by atoms with Gasteiger partial charge in [-0.15, -0.1) is 0 Å². The van der Waals surface area contributed by atoms with Crippen LogP contribution in [0.3, 0.4) is 0 Å². The van der Waals surface area contributed by atoms with E-state index >= 15 is 4.39 Å². The Morgan fingerprint density at radius 3 is 2.40 bits per heavy atom. The first-order valence-corrected chi connectivity index (χ1v) is 16.1. The molecule has 1 unspecified atom stereocenters. The summed E-state index contributed by atoms with van der Waals surface area (Å²) in [6.07, 6.45) is 8.00. The summed E-state index contributed by atoms with van der Waals surface area (Å²) in [5.41, 5.74) is 1.76. The van der Waals surface area contributed by atoms with Crippen molar-refractivity contribution in [3.05, 3.63) is 23.5 Å². The fourth-order valence-corrected chi connectivity index (χ4v) is 7.07. The number of hydrogen-bond acceptors (Lipinski definition) is 7. The van der Waals surface area contributed by atoms with Crippen LogP contribution in [0.25, 0.3) is 0 Å². The molecule has 1 aromatic rings. The van der Waals surface area contributed by atoms with Crippen LogP contribution in [-0.2, 0) is 14.4 Å². The summed E-state index contributed by atoms with van der Waals surface area (Å²) in [7, 11) is 0. The second kappa shape index (κ2) is 13.4. The molecule has 2 saturated carbocycles. The number of halogens is 1. The van der Waals surface area contributed by atoms with Crippen molar-refractivity contribution >= 4 is 29.6 Å². The summed E-state index contributed by atoms with van der Waals surface area (Å²) in [5.74, 6) is -1.22. The fraction of sp³-hybridized carbons (Fsp3) is 0.719. The number of nitrogens with zero attached hydrogens (tertiary/aromatic N) is 3. The van der Waals surface area contributed by atoms with Crippen molar-refractivity contribution in [3.63, 3.8) is 0 Å². The number of nitrogens with one attached hydrogen (secondary N) is 3. The monoisotopic (exact) mass is 600 g/mol. The zero-order chi connectivity index (χ0) is 30.7. The second-order valence-electron chi connectivity index (χ2n) is 14.0. The number of piperazine rings is 1. The van der Waals surface area contributed by atoms with Crippen LogP contribution in [0.15, 0.2) is 12.1 Å². The Balaban J connectivity index is 1.35. The van der Waals surface area contributed by atoms with Gasteiger partial charge in [-0.25, -0.2) is 9.45 Å². The smallest absolute Gasteiger partial charge is 0.243 e. The molecule has 3 atom stereocenters. The highest BCUT2D eigenvalue weighted by Crippen LogP contribution is 2.43. The van der Waals surface area contributed by atoms with Crippen LogP contribution in [0.2, 0.25) is 0 Å². The van der Waals surface area contributed by atoms with Crippen molar-refractivity contribution in [1.29, 1.82) is 0 Å². The van der Waals surface area contributed by atoms with E-state index in [0.29, 0.717) is 42.0 Å². The van der Waals surface area contributed by atoms with E-state index in [0.717, 1.165) is 82.5 Å². The number of amides is 3. The van der Waals surface area contributed by atoms with Crippen LogP contribution < -0.4 is 25.8 Å². The molecule has 0 bridgehead atoms. The zero-order valence-electron chi connectivity index (χ0n) is 25.9. The lowest BCUT2D eigenvalue weighted by Gasteiger charge is -2.39. The molecule has 5 rings (SSSR count). The van der Waals surface area contributed by atoms with E-state index in [9.17, 15) is 19.6 Å². The Labute approximate surface area is 254 Å². The molecule has 11 heteroatoms. The lowest BCUT2D eigenvalue weighted by molar-refractivity contribution is -0.155. The molecule has 2 aliphatic heterocycles. The van der Waals surface area contributed by atoms with Crippen molar-refractivity contribution in [2.75, 3.05) is 49.1 Å². The number of carbonyl (C=O) groups excluding carboxylic acids is 3. The molecule has 3 fully saturated rings. The predicted octanol–water partition coefficient (Wildman–Crippen LogP) is 3.34. The summed E-state index contributed by atoms with van der Waals surface area (Å²) >= 11 is 0. The molecule has 1 aromatic carbocycles. The molecule has 2 heterocycles. The van der Waals surface area contributed by atoms with Crippen LogP contribution in [-0.4, -0.2) is 79.8 Å². The molecule has 238 valence electrons. The molecule has 2 aliphatic carbocycles. The zero-order valence-corrected chi connectivity index (χ0v) is 25.9. The first kappa shape index (κ1) is 31.5. The minimum absolute atomic E-state index is 0.119. The normalized spacial score (nSPS) is 22.5. The standard InChI is InChI=1S/C32H49FN6O4/c1-32(2,3)29(36-30(41)22(19-38(43)20-40)16-21-6-4-5-7-21)31(42)35-26-10-13-39(23-8-9-23)27-18-28(25(33)17-24(26)27)37-14-11-34-12-15-37/h17-18,20-23,26,29,34,43H,4-16,19H2,1-3H3,(H,35,42)(H,36,41)/t22-,26?,29-/m1/s1. The van der Waals surface area contributed by atoms with Crippen molar-refractivity contribution in [2.24, 2.45) is 17.3 Å². The van der Waals surface area contributed by atoms with Gasteiger partial charge in [0.15, 0.2) is 0 Å². The number of hydrogen-bond donors (Lipinski definition) is 4. The number of carbonyl (C=O) groups is 3. The van der Waals surface area contributed by atoms with E-state index < -0.39 is 17.4 Å². The largest absolute Gasteiger partial charge is 0.368 e. The number of rotatable bonds is 11. The van der Waals surface area contributed by atoms with Gasteiger partial charge in [0.05, 0.1) is 24.2 Å². The molecular weight excluding hydrogens is 551 g/mol. The molecule has 1 saturated heterocycles. The topological polar surface area (TPSA) is 117 Å². The van der Waals surface area contributed by atoms with E-state index in [1.807, 2.05) is 26.8 Å². The third-order valence-electron chi connectivity index (χ3n) is 9.61. The highest BCUT2D eigenvalue weighted by Gasteiger charge is 2.40. The lowest BCUT2D eigenvalue weighted by Crippen LogP contribution is -2.56. The average Bonchev–Trinajstić information content (AvgIpc) is 3.69. The highest BCUT2D eigenvalue weighted by molar-refractivity contribution is 5.89. The Hall–Kier alpha value is -2.92. The summed E-state index contributed by atoms with van der Waals surface area (Å²) in [4.78, 5) is 43.1. The van der Waals surface area contributed by atoms with Crippen LogP contribution in [0, 0.1) is 23.1 Å². The average molecular weight is 601 g/mol. The number of benzene rings is 1. The highest BCUT2D eigenvalue weighted by atomic mass is 19.1. The third-order valence-corrected chi connectivity index (χ3v) is 9.61. The molecular formula is C32H49FN6O4. The van der Waals surface area contributed by atoms with E-state index in [2.05, 4.69) is 25.8 Å². The van der Waals surface area contributed by atoms with Gasteiger partial charge < -0.3 is 25.8 Å². The lowest BCUT2D eigenvalue weighted by atomic mass is 9.84. The van der Waals surface area contributed by atoms with Crippen LogP contribution in [0.5, 0.6) is 0 Å². The van der Waals surface area contributed by atoms with Gasteiger partial charge >= 0.3 is 0 Å². The third kappa shape index (κ3) is 7.60. The summed E-state index contributed by atoms with van der Waals surface area (Å²) < 4.78 is 15.6. The van der Waals surface area contributed by atoms with Crippen molar-refractivity contribution in [3.8, 4) is 0 Å². The number of anilines is 2. The van der Waals surface area contributed by atoms with Crippen molar-refractivity contribution in [1.82, 2.24) is 21.0 Å². The van der Waals surface area contributed by atoms with E-state index in [1.54, 1.807) is 6.07 Å². The SMILES string of the molecule is CC(C)(C)[C@H](NC(=O)[C@H](CC1CCCC1)CN(O)C=O)C(=O)NC1CCN(C2CC2)c2cc(N3CCNCC3)c(F)cc21. The minimum Gasteiger partial charge on any atom is -0.368 e. The van der Waals surface area contributed by atoms with E-state index in [-0.39, 0.29) is 30.2 Å². The van der Waals surface area contributed by atoms with Crippen LogP contribution in [0.1, 0.15) is 83.7 Å². The fourth-order valence-electron chi connectivity index (χ4n) is 7.07. The molecule has 3 amide bonds. The quantitative estimate of drug-likeness (QED) is 0.175. The van der Waals surface area contributed by atoms with Crippen molar-refractivity contribution in [2.45, 2.75) is 90.3 Å². The van der Waals surface area contributed by atoms with Gasteiger partial charge in [0, 0.05) is 50.0 Å². The maximum Gasteiger partial charge on any atom is 0.243 e. The summed E-state index contributed by atoms with van der Waals surface area (Å²) in [6, 6.07) is 2.78. The molecule has 43 heavy (non-hydrogen) atoms. The van der Waals surface area contributed by atoms with E-state index in [1.165, 1.54) is 0 Å². The van der Waals surface area contributed by atoms with E-state index in [4.69, 9.17) is 0 Å². The molecule has 4 N–H and O–H groups in total. The minimum atomic E-state index is -0.857. The maximum atomic E-state index is 15.6. The van der Waals surface area contributed by atoms with Gasteiger partial charge in [-0.2, -0.15) is 0 Å². The maximum absolute atomic E-state index is 15.6. The molecule has 0 spiro atoms. The summed E-state index contributed by atoms with van der Waals surface area (Å²) in [6.45, 7) is 9.46. The van der Waals surface area contributed by atoms with Gasteiger partial charge in [-0.1, -0.05) is 46.5 Å². The Bertz CT molecular complexity index is 1160. The van der Waals surface area contributed by atoms with Crippen LogP contribution >= 0.6 is 0 Å². The van der Waals surface area contributed by atoms with Gasteiger partial charge in [0.1, 0.15) is 11.9 Å². The first-order chi connectivity index (χ1) is 20.5. The summed E-state index contributed by atoms with van der Waals surface area (Å²) in [5, 5.41) is 19.9. The second-order valence-corrected chi connectivity index (χ2v) is 14.0. The predicted molar refractivity (Wildman–Crippen MR) is 163 cm³/mol. The Morgan fingerprint density at radius 2 is 1.77 bits per heavy atom. The molecule has 10 nitrogen and oxygen atoms in total. The number of fused-ring (bicyclic) bond motifs is 1.